The number of anilines is 5. The average molecular weight is 458 g/mol. The van der Waals surface area contributed by atoms with Crippen molar-refractivity contribution in [1.29, 1.82) is 0 Å². The first-order chi connectivity index (χ1) is 14.1. The summed E-state index contributed by atoms with van der Waals surface area (Å²) < 4.78 is 5.23. The lowest BCUT2D eigenvalue weighted by Gasteiger charge is -2.14. The third kappa shape index (κ3) is 5.69. The molecule has 0 saturated carbocycles. The maximum atomic E-state index is 5.23. The van der Waals surface area contributed by atoms with Gasteiger partial charge in [0, 0.05) is 36.5 Å². The summed E-state index contributed by atoms with van der Waals surface area (Å²) in [6.45, 7) is 0. The van der Waals surface area contributed by atoms with Crippen LogP contribution in [0, 0.1) is 0 Å². The molecule has 0 aliphatic heterocycles. The van der Waals surface area contributed by atoms with Crippen LogP contribution in [0.25, 0.3) is 10.9 Å². The molecule has 1 heterocycles. The summed E-state index contributed by atoms with van der Waals surface area (Å²) in [4.78, 5) is 11.4. The van der Waals surface area contributed by atoms with E-state index in [2.05, 4.69) is 32.7 Å². The number of nitrogens with one attached hydrogen (secondary N) is 2. The highest BCUT2D eigenvalue weighted by atomic mass is 35.5. The lowest BCUT2D eigenvalue weighted by Crippen LogP contribution is -2.08. The molecule has 0 spiro atoms. The number of hydrogen-bond donors (Lipinski definition) is 2. The standard InChI is InChI=1S/C23H23N5O.2ClH/c1-28(2)18-12-8-17(9-13-18)25-23-26-21-7-5-4-6-20(21)22(27-23)24-16-10-14-19(29-3)15-11-16;;/h4-15H,1-3H3,(H2,24,25,26,27);2*1H. The van der Waals surface area contributed by atoms with Gasteiger partial charge in [-0.1, -0.05) is 12.1 Å². The number of fused-ring (bicyclic) bond motifs is 1. The smallest absolute Gasteiger partial charge is 0.229 e. The van der Waals surface area contributed by atoms with Gasteiger partial charge in [-0.3, -0.25) is 0 Å². The number of rotatable bonds is 6. The second-order valence-electron chi connectivity index (χ2n) is 6.83. The predicted octanol–water partition coefficient (Wildman–Crippen LogP) is 6.04. The van der Waals surface area contributed by atoms with Gasteiger partial charge < -0.3 is 20.3 Å². The summed E-state index contributed by atoms with van der Waals surface area (Å²) >= 11 is 0. The second kappa shape index (κ2) is 10.7. The fourth-order valence-corrected chi connectivity index (χ4v) is 3.01. The third-order valence-corrected chi connectivity index (χ3v) is 4.60. The number of benzene rings is 3. The molecule has 0 aliphatic carbocycles. The van der Waals surface area contributed by atoms with Gasteiger partial charge in [-0.2, -0.15) is 4.98 Å². The third-order valence-electron chi connectivity index (χ3n) is 4.60. The Morgan fingerprint density at radius 2 is 1.35 bits per heavy atom. The van der Waals surface area contributed by atoms with E-state index in [-0.39, 0.29) is 24.8 Å². The van der Waals surface area contributed by atoms with Gasteiger partial charge in [-0.25, -0.2) is 4.98 Å². The molecule has 4 rings (SSSR count). The van der Waals surface area contributed by atoms with E-state index in [1.165, 1.54) is 0 Å². The monoisotopic (exact) mass is 457 g/mol. The van der Waals surface area contributed by atoms with Crippen molar-refractivity contribution in [2.24, 2.45) is 0 Å². The molecule has 3 aromatic carbocycles. The van der Waals surface area contributed by atoms with Crippen LogP contribution in [0.5, 0.6) is 5.75 Å². The minimum Gasteiger partial charge on any atom is -0.497 e. The number of hydrogen-bond acceptors (Lipinski definition) is 6. The summed E-state index contributed by atoms with van der Waals surface area (Å²) in [6.07, 6.45) is 0. The maximum absolute atomic E-state index is 5.23. The Labute approximate surface area is 194 Å². The first-order valence-electron chi connectivity index (χ1n) is 9.34. The number of halogens is 2. The Morgan fingerprint density at radius 3 is 2.00 bits per heavy atom. The van der Waals surface area contributed by atoms with Crippen LogP contribution in [0.15, 0.2) is 72.8 Å². The minimum atomic E-state index is 0. The van der Waals surface area contributed by atoms with Gasteiger partial charge in [-0.15, -0.1) is 24.8 Å². The molecule has 2 N–H and O–H groups in total. The lowest BCUT2D eigenvalue weighted by molar-refractivity contribution is 0.415. The van der Waals surface area contributed by atoms with Crippen molar-refractivity contribution < 1.29 is 4.74 Å². The van der Waals surface area contributed by atoms with E-state index in [1.54, 1.807) is 7.11 Å². The van der Waals surface area contributed by atoms with Crippen molar-refractivity contribution in [3.8, 4) is 5.75 Å². The van der Waals surface area contributed by atoms with Crippen molar-refractivity contribution >= 4 is 64.5 Å². The molecule has 0 fully saturated rings. The van der Waals surface area contributed by atoms with Gasteiger partial charge in [0.25, 0.3) is 0 Å². The summed E-state index contributed by atoms with van der Waals surface area (Å²) in [6, 6.07) is 23.8. The van der Waals surface area contributed by atoms with Crippen LogP contribution in [0.3, 0.4) is 0 Å². The molecule has 0 aliphatic rings. The van der Waals surface area contributed by atoms with E-state index in [1.807, 2.05) is 74.8 Å². The highest BCUT2D eigenvalue weighted by Crippen LogP contribution is 2.27. The molecule has 6 nitrogen and oxygen atoms in total. The lowest BCUT2D eigenvalue weighted by atomic mass is 10.2. The van der Waals surface area contributed by atoms with E-state index in [0.29, 0.717) is 5.95 Å². The Morgan fingerprint density at radius 1 is 0.742 bits per heavy atom. The van der Waals surface area contributed by atoms with E-state index < -0.39 is 0 Å². The molecule has 4 aromatic rings. The summed E-state index contributed by atoms with van der Waals surface area (Å²) in [5.74, 6) is 2.09. The SMILES string of the molecule is COc1ccc(Nc2nc(Nc3ccc(N(C)C)cc3)nc3ccccc23)cc1.Cl.Cl. The fourth-order valence-electron chi connectivity index (χ4n) is 3.01. The van der Waals surface area contributed by atoms with Gasteiger partial charge in [-0.05, 0) is 60.7 Å². The summed E-state index contributed by atoms with van der Waals surface area (Å²) in [5.41, 5.74) is 3.86. The highest BCUT2D eigenvalue weighted by Gasteiger charge is 2.09. The van der Waals surface area contributed by atoms with E-state index in [4.69, 9.17) is 9.72 Å². The van der Waals surface area contributed by atoms with Crippen molar-refractivity contribution in [1.82, 2.24) is 9.97 Å². The van der Waals surface area contributed by atoms with Gasteiger partial charge in [0.15, 0.2) is 0 Å². The van der Waals surface area contributed by atoms with Gasteiger partial charge >= 0.3 is 0 Å². The maximum Gasteiger partial charge on any atom is 0.229 e. The van der Waals surface area contributed by atoms with Crippen molar-refractivity contribution in [3.05, 3.63) is 72.8 Å². The first kappa shape index (κ1) is 24.1. The molecule has 0 unspecified atom stereocenters. The van der Waals surface area contributed by atoms with Crippen LogP contribution in [0.4, 0.5) is 28.8 Å². The van der Waals surface area contributed by atoms with Crippen molar-refractivity contribution in [2.45, 2.75) is 0 Å². The summed E-state index contributed by atoms with van der Waals surface area (Å²) in [5, 5.41) is 7.66. The largest absolute Gasteiger partial charge is 0.497 e. The zero-order valence-electron chi connectivity index (χ0n) is 17.5. The predicted molar refractivity (Wildman–Crippen MR) is 134 cm³/mol. The number of ether oxygens (including phenoxy) is 1. The average Bonchev–Trinajstić information content (AvgIpc) is 2.75. The van der Waals surface area contributed by atoms with E-state index in [0.717, 1.165) is 39.5 Å². The second-order valence-corrected chi connectivity index (χ2v) is 6.83. The van der Waals surface area contributed by atoms with Gasteiger partial charge in [0.2, 0.25) is 5.95 Å². The molecule has 1 aromatic heterocycles. The highest BCUT2D eigenvalue weighted by molar-refractivity contribution is 5.92. The molecular formula is C23H25Cl2N5O. The quantitative estimate of drug-likeness (QED) is 0.368. The zero-order valence-corrected chi connectivity index (χ0v) is 19.1. The molecule has 31 heavy (non-hydrogen) atoms. The van der Waals surface area contributed by atoms with Crippen LogP contribution >= 0.6 is 24.8 Å². The number of methoxy groups -OCH3 is 1. The Bertz CT molecular complexity index is 1120. The number of para-hydroxylation sites is 1. The zero-order chi connectivity index (χ0) is 20.2. The van der Waals surface area contributed by atoms with Crippen LogP contribution in [-0.2, 0) is 0 Å². The molecule has 0 amide bonds. The topological polar surface area (TPSA) is 62.3 Å². The Balaban J connectivity index is 0.00000171. The number of nitrogens with zero attached hydrogens (tertiary/aromatic N) is 3. The molecule has 8 heteroatoms. The van der Waals surface area contributed by atoms with Gasteiger partial charge in [0.1, 0.15) is 11.6 Å². The molecule has 0 radical (unpaired) electrons. The minimum absolute atomic E-state index is 0. The van der Waals surface area contributed by atoms with Crippen LogP contribution in [-0.4, -0.2) is 31.2 Å². The molecular weight excluding hydrogens is 433 g/mol. The van der Waals surface area contributed by atoms with Crippen LogP contribution < -0.4 is 20.3 Å². The normalized spacial score (nSPS) is 9.90. The van der Waals surface area contributed by atoms with Crippen molar-refractivity contribution in [2.75, 3.05) is 36.7 Å². The van der Waals surface area contributed by atoms with Gasteiger partial charge in [0.05, 0.1) is 12.6 Å². The fraction of sp³-hybridized carbons (Fsp3) is 0.130. The molecule has 162 valence electrons. The van der Waals surface area contributed by atoms with Crippen molar-refractivity contribution in [3.63, 3.8) is 0 Å². The first-order valence-corrected chi connectivity index (χ1v) is 9.34. The van der Waals surface area contributed by atoms with E-state index >= 15 is 0 Å². The Kier molecular flexibility index (Phi) is 8.30. The number of aromatic nitrogens is 2. The van der Waals surface area contributed by atoms with Crippen LogP contribution in [0.2, 0.25) is 0 Å². The molecule has 0 bridgehead atoms. The van der Waals surface area contributed by atoms with E-state index in [9.17, 15) is 0 Å². The molecule has 0 atom stereocenters. The Hall–Kier alpha value is -3.22. The molecule has 0 saturated heterocycles. The van der Waals surface area contributed by atoms with Crippen LogP contribution in [0.1, 0.15) is 0 Å². The summed E-state index contributed by atoms with van der Waals surface area (Å²) in [7, 11) is 5.70.